The molecule has 2 fully saturated rings. The fourth-order valence-electron chi connectivity index (χ4n) is 3.85. The maximum absolute atomic E-state index is 12.0. The number of hydrogen-bond acceptors (Lipinski definition) is 4. The van der Waals surface area contributed by atoms with Gasteiger partial charge in [-0.15, -0.1) is 11.3 Å². The number of thiazole rings is 1. The average Bonchev–Trinajstić information content (AvgIpc) is 3.26. The number of nitrogens with zero attached hydrogens (tertiary/aromatic N) is 3. The first kappa shape index (κ1) is 16.8. The highest BCUT2D eigenvalue weighted by molar-refractivity contribution is 7.11. The highest BCUT2D eigenvalue weighted by Gasteiger charge is 2.29. The van der Waals surface area contributed by atoms with Gasteiger partial charge in [0.05, 0.1) is 11.0 Å². The second kappa shape index (κ2) is 6.92. The van der Waals surface area contributed by atoms with E-state index in [1.54, 1.807) is 7.05 Å². The maximum Gasteiger partial charge on any atom is 0.267 e. The summed E-state index contributed by atoms with van der Waals surface area (Å²) >= 11 is 1.89. The fourth-order valence-corrected chi connectivity index (χ4v) is 4.96. The van der Waals surface area contributed by atoms with Gasteiger partial charge in [-0.3, -0.25) is 9.69 Å². The third-order valence-electron chi connectivity index (χ3n) is 5.43. The lowest BCUT2D eigenvalue weighted by Gasteiger charge is -2.35. The molecule has 134 valence electrons. The minimum atomic E-state index is -0.0207. The standard InChI is InChI=1S/C19H26N4OS/c1-20-18(24)17-9-8-15(22(17)2)16-5-3-4-10-23(16)12-14-11-21-19(25-14)13-6-7-13/h8-9,11,13,16H,3-7,10,12H2,1-2H3,(H,20,24)/t16-/m1/s1. The molecule has 1 amide bonds. The molecule has 2 aliphatic rings. The van der Waals surface area contributed by atoms with Crippen molar-refractivity contribution in [3.8, 4) is 0 Å². The highest BCUT2D eigenvalue weighted by Crippen LogP contribution is 2.42. The second-order valence-corrected chi connectivity index (χ2v) is 8.35. The van der Waals surface area contributed by atoms with E-state index in [1.807, 2.05) is 24.5 Å². The Hall–Kier alpha value is -1.66. The first-order valence-electron chi connectivity index (χ1n) is 9.23. The number of carbonyl (C=O) groups is 1. The molecule has 1 aliphatic carbocycles. The number of nitrogens with one attached hydrogen (secondary N) is 1. The van der Waals surface area contributed by atoms with Crippen molar-refractivity contribution < 1.29 is 4.79 Å². The van der Waals surface area contributed by atoms with E-state index in [4.69, 9.17) is 0 Å². The lowest BCUT2D eigenvalue weighted by molar-refractivity contribution is 0.0952. The van der Waals surface area contributed by atoms with Crippen molar-refractivity contribution in [2.24, 2.45) is 7.05 Å². The van der Waals surface area contributed by atoms with Gasteiger partial charge in [0.15, 0.2) is 0 Å². The van der Waals surface area contributed by atoms with Crippen LogP contribution in [0.3, 0.4) is 0 Å². The molecule has 4 rings (SSSR count). The van der Waals surface area contributed by atoms with Crippen molar-refractivity contribution >= 4 is 17.2 Å². The summed E-state index contributed by atoms with van der Waals surface area (Å²) in [5.41, 5.74) is 1.97. The molecule has 1 N–H and O–H groups in total. The Labute approximate surface area is 153 Å². The topological polar surface area (TPSA) is 50.2 Å². The molecule has 0 unspecified atom stereocenters. The van der Waals surface area contributed by atoms with Crippen LogP contribution in [0.1, 0.15) is 70.1 Å². The summed E-state index contributed by atoms with van der Waals surface area (Å²) < 4.78 is 2.06. The third-order valence-corrected chi connectivity index (χ3v) is 6.58. The predicted octanol–water partition coefficient (Wildman–Crippen LogP) is 3.45. The fraction of sp³-hybridized carbons (Fsp3) is 0.579. The molecule has 0 spiro atoms. The van der Waals surface area contributed by atoms with Crippen LogP contribution in [0.25, 0.3) is 0 Å². The van der Waals surface area contributed by atoms with Crippen molar-refractivity contribution in [3.05, 3.63) is 39.6 Å². The Kier molecular flexibility index (Phi) is 4.65. The van der Waals surface area contributed by atoms with Crippen molar-refractivity contribution in [3.63, 3.8) is 0 Å². The Morgan fingerprint density at radius 1 is 1.32 bits per heavy atom. The van der Waals surface area contributed by atoms with E-state index in [0.717, 1.165) is 31.1 Å². The van der Waals surface area contributed by atoms with Gasteiger partial charge in [0.2, 0.25) is 0 Å². The van der Waals surface area contributed by atoms with Gasteiger partial charge in [0, 0.05) is 43.3 Å². The molecule has 1 saturated heterocycles. The number of amides is 1. The van der Waals surface area contributed by atoms with Crippen LogP contribution in [0.5, 0.6) is 0 Å². The molecule has 2 aromatic rings. The lowest BCUT2D eigenvalue weighted by atomic mass is 9.99. The Morgan fingerprint density at radius 3 is 2.92 bits per heavy atom. The second-order valence-electron chi connectivity index (χ2n) is 7.20. The Morgan fingerprint density at radius 2 is 2.16 bits per heavy atom. The number of hydrogen-bond donors (Lipinski definition) is 1. The van der Waals surface area contributed by atoms with Crippen LogP contribution in [-0.4, -0.2) is 34.0 Å². The molecule has 2 aromatic heterocycles. The zero-order chi connectivity index (χ0) is 17.4. The van der Waals surface area contributed by atoms with E-state index in [1.165, 1.54) is 41.3 Å². The lowest BCUT2D eigenvalue weighted by Crippen LogP contribution is -2.34. The van der Waals surface area contributed by atoms with Gasteiger partial charge in [-0.05, 0) is 44.4 Å². The zero-order valence-corrected chi connectivity index (χ0v) is 15.8. The van der Waals surface area contributed by atoms with Crippen LogP contribution < -0.4 is 5.32 Å². The van der Waals surface area contributed by atoms with E-state index in [9.17, 15) is 4.79 Å². The van der Waals surface area contributed by atoms with E-state index in [2.05, 4.69) is 32.0 Å². The first-order valence-corrected chi connectivity index (χ1v) is 10.1. The van der Waals surface area contributed by atoms with Crippen molar-refractivity contribution in [1.29, 1.82) is 0 Å². The largest absolute Gasteiger partial charge is 0.354 e. The van der Waals surface area contributed by atoms with Crippen LogP contribution in [0.15, 0.2) is 18.3 Å². The summed E-state index contributed by atoms with van der Waals surface area (Å²) in [5, 5.41) is 4.05. The van der Waals surface area contributed by atoms with Crippen molar-refractivity contribution in [2.45, 2.75) is 50.6 Å². The summed E-state index contributed by atoms with van der Waals surface area (Å²) in [6.45, 7) is 2.08. The number of piperidine rings is 1. The van der Waals surface area contributed by atoms with Crippen LogP contribution in [0, 0.1) is 0 Å². The van der Waals surface area contributed by atoms with Crippen LogP contribution in [0.4, 0.5) is 0 Å². The summed E-state index contributed by atoms with van der Waals surface area (Å²) in [7, 11) is 3.69. The van der Waals surface area contributed by atoms with Gasteiger partial charge in [-0.2, -0.15) is 0 Å². The molecule has 0 radical (unpaired) electrons. The van der Waals surface area contributed by atoms with E-state index < -0.39 is 0 Å². The normalized spacial score (nSPS) is 21.4. The molecular weight excluding hydrogens is 332 g/mol. The SMILES string of the molecule is CNC(=O)c1ccc([C@H]2CCCCN2Cc2cnc(C3CC3)s2)n1C. The summed E-state index contributed by atoms with van der Waals surface area (Å²) in [5.74, 6) is 0.714. The quantitative estimate of drug-likeness (QED) is 0.891. The summed E-state index contributed by atoms with van der Waals surface area (Å²) in [4.78, 5) is 20.6. The van der Waals surface area contributed by atoms with Crippen LogP contribution in [-0.2, 0) is 13.6 Å². The number of aromatic nitrogens is 2. The van der Waals surface area contributed by atoms with Crippen LogP contribution in [0.2, 0.25) is 0 Å². The molecule has 1 saturated carbocycles. The Balaban J connectivity index is 1.54. The number of rotatable bonds is 5. The summed E-state index contributed by atoms with van der Waals surface area (Å²) in [6.07, 6.45) is 8.34. The van der Waals surface area contributed by atoms with Gasteiger partial charge >= 0.3 is 0 Å². The van der Waals surface area contributed by atoms with E-state index >= 15 is 0 Å². The highest BCUT2D eigenvalue weighted by atomic mass is 32.1. The third kappa shape index (κ3) is 3.37. The van der Waals surface area contributed by atoms with E-state index in [-0.39, 0.29) is 5.91 Å². The van der Waals surface area contributed by atoms with Gasteiger partial charge < -0.3 is 9.88 Å². The molecule has 0 bridgehead atoms. The van der Waals surface area contributed by atoms with Crippen LogP contribution >= 0.6 is 11.3 Å². The van der Waals surface area contributed by atoms with Gasteiger partial charge in [0.25, 0.3) is 5.91 Å². The molecule has 25 heavy (non-hydrogen) atoms. The van der Waals surface area contributed by atoms with Gasteiger partial charge in [0.1, 0.15) is 5.69 Å². The van der Waals surface area contributed by atoms with Crippen molar-refractivity contribution in [2.75, 3.05) is 13.6 Å². The Bertz CT molecular complexity index is 761. The smallest absolute Gasteiger partial charge is 0.267 e. The predicted molar refractivity (Wildman–Crippen MR) is 99.9 cm³/mol. The maximum atomic E-state index is 12.0. The number of likely N-dealkylation sites (tertiary alicyclic amines) is 1. The molecule has 6 heteroatoms. The minimum Gasteiger partial charge on any atom is -0.354 e. The van der Waals surface area contributed by atoms with Crippen molar-refractivity contribution in [1.82, 2.24) is 19.8 Å². The molecule has 1 atom stereocenters. The van der Waals surface area contributed by atoms with E-state index in [0.29, 0.717) is 6.04 Å². The monoisotopic (exact) mass is 358 g/mol. The summed E-state index contributed by atoms with van der Waals surface area (Å²) in [6, 6.07) is 4.44. The molecule has 5 nitrogen and oxygen atoms in total. The minimum absolute atomic E-state index is 0.0207. The first-order chi connectivity index (χ1) is 12.2. The zero-order valence-electron chi connectivity index (χ0n) is 15.0. The average molecular weight is 359 g/mol. The molecular formula is C19H26N4OS. The number of carbonyl (C=O) groups excluding carboxylic acids is 1. The molecule has 1 aliphatic heterocycles. The molecule has 0 aromatic carbocycles. The van der Waals surface area contributed by atoms with Gasteiger partial charge in [-0.1, -0.05) is 6.42 Å². The van der Waals surface area contributed by atoms with Gasteiger partial charge in [-0.25, -0.2) is 4.98 Å². The molecule has 3 heterocycles.